The predicted octanol–water partition coefficient (Wildman–Crippen LogP) is 3.86. The molecular weight excluding hydrogens is 331 g/mol. The molecule has 0 amide bonds. The zero-order valence-corrected chi connectivity index (χ0v) is 12.4. The number of hydrogen-bond donors (Lipinski definition) is 1. The number of para-hydroxylation sites is 2. The topological polar surface area (TPSA) is 41.7 Å². The third kappa shape index (κ3) is 6.43. The predicted molar refractivity (Wildman–Crippen MR) is 81.4 cm³/mol. The molecule has 1 N–H and O–H groups in total. The monoisotopic (exact) mass is 342 g/mol. The van der Waals surface area contributed by atoms with Crippen LogP contribution in [0.3, 0.4) is 0 Å². The highest BCUT2D eigenvalue weighted by Crippen LogP contribution is 2.15. The summed E-state index contributed by atoms with van der Waals surface area (Å²) >= 11 is 1.33. The number of nitrogens with zero attached hydrogens (tertiary/aromatic N) is 3. The maximum Gasteiger partial charge on any atom is 0.673 e. The summed E-state index contributed by atoms with van der Waals surface area (Å²) in [4.78, 5) is 1.62. The summed E-state index contributed by atoms with van der Waals surface area (Å²) in [6.07, 6.45) is 0. The highest BCUT2D eigenvalue weighted by molar-refractivity contribution is 7.09. The molecule has 0 aliphatic carbocycles. The summed E-state index contributed by atoms with van der Waals surface area (Å²) in [6.45, 7) is 0. The standard InChI is InChI=1S/C13H11N4S.BF4/c1-3-7-11(8-4-1)14-13-15-17(16-18-13)12-9-5-2-6-10-12;2-1(3,4)5/h1-10H,(H,14,15,16);/q+1;-1. The van der Waals surface area contributed by atoms with Gasteiger partial charge in [0, 0.05) is 17.8 Å². The van der Waals surface area contributed by atoms with E-state index < -0.39 is 7.25 Å². The van der Waals surface area contributed by atoms with Gasteiger partial charge in [0.1, 0.15) is 4.49 Å². The molecule has 0 aliphatic rings. The van der Waals surface area contributed by atoms with Crippen LogP contribution in [-0.4, -0.2) is 16.8 Å². The van der Waals surface area contributed by atoms with Gasteiger partial charge in [-0.05, 0) is 12.1 Å². The number of anilines is 2. The highest BCUT2D eigenvalue weighted by Gasteiger charge is 2.20. The minimum atomic E-state index is -6.00. The van der Waals surface area contributed by atoms with Crippen LogP contribution in [0.5, 0.6) is 0 Å². The second-order valence-corrected chi connectivity index (χ2v) is 4.92. The van der Waals surface area contributed by atoms with Crippen LogP contribution in [0.15, 0.2) is 60.7 Å². The van der Waals surface area contributed by atoms with E-state index in [9.17, 15) is 17.3 Å². The van der Waals surface area contributed by atoms with Gasteiger partial charge in [-0.25, -0.2) is 0 Å². The normalized spacial score (nSPS) is 10.6. The molecule has 3 rings (SSSR count). The molecular formula is C13H11BF4N4S. The number of nitrogens with one attached hydrogen (secondary N) is 1. The number of halogens is 4. The molecule has 0 fully saturated rings. The minimum Gasteiger partial charge on any atom is -0.418 e. The van der Waals surface area contributed by atoms with E-state index in [0.29, 0.717) is 0 Å². The molecule has 2 aromatic carbocycles. The van der Waals surface area contributed by atoms with Gasteiger partial charge in [-0.2, -0.15) is 0 Å². The zero-order valence-electron chi connectivity index (χ0n) is 11.6. The first-order chi connectivity index (χ1) is 10.9. The molecule has 23 heavy (non-hydrogen) atoms. The van der Waals surface area contributed by atoms with Gasteiger partial charge in [-0.15, -0.1) is 0 Å². The summed E-state index contributed by atoms with van der Waals surface area (Å²) in [5.41, 5.74) is 1.96. The van der Waals surface area contributed by atoms with Crippen LogP contribution < -0.4 is 10.1 Å². The lowest BCUT2D eigenvalue weighted by Gasteiger charge is -1.97. The number of hydrogen-bond acceptors (Lipinski definition) is 4. The Hall–Kier alpha value is -2.49. The lowest BCUT2D eigenvalue weighted by atomic mass is 10.3. The Labute approximate surface area is 133 Å². The van der Waals surface area contributed by atoms with Gasteiger partial charge >= 0.3 is 7.25 Å². The molecule has 0 spiro atoms. The average Bonchev–Trinajstić information content (AvgIpc) is 2.96. The molecule has 10 heteroatoms. The Bertz CT molecular complexity index is 716. The van der Waals surface area contributed by atoms with Crippen molar-refractivity contribution in [2.45, 2.75) is 0 Å². The molecule has 0 atom stereocenters. The molecule has 0 saturated carbocycles. The molecule has 4 nitrogen and oxygen atoms in total. The van der Waals surface area contributed by atoms with E-state index in [1.54, 1.807) is 4.80 Å². The Morgan fingerprint density at radius 2 is 1.39 bits per heavy atom. The summed E-state index contributed by atoms with van der Waals surface area (Å²) < 4.78 is 43.3. The molecule has 0 unspecified atom stereocenters. The van der Waals surface area contributed by atoms with Crippen molar-refractivity contribution in [3.8, 4) is 5.69 Å². The van der Waals surface area contributed by atoms with E-state index in [2.05, 4.69) is 14.9 Å². The summed E-state index contributed by atoms with van der Waals surface area (Å²) in [5.74, 6) is 0. The number of aromatic nitrogens is 3. The highest BCUT2D eigenvalue weighted by atomic mass is 32.1. The van der Waals surface area contributed by atoms with Crippen molar-refractivity contribution in [1.82, 2.24) is 9.59 Å². The van der Waals surface area contributed by atoms with Crippen molar-refractivity contribution in [2.75, 3.05) is 5.32 Å². The molecule has 0 aliphatic heterocycles. The van der Waals surface area contributed by atoms with E-state index in [1.807, 2.05) is 60.7 Å². The Kier molecular flexibility index (Phi) is 5.64. The van der Waals surface area contributed by atoms with Gasteiger partial charge in [0.2, 0.25) is 0 Å². The van der Waals surface area contributed by atoms with E-state index in [-0.39, 0.29) is 0 Å². The SMILES string of the molecule is F[B-](F)(F)F.c1ccc(Nc2n[n+](-c3ccccc3)ns2)cc1. The maximum atomic E-state index is 9.75. The van der Waals surface area contributed by atoms with Gasteiger partial charge in [-0.1, -0.05) is 36.4 Å². The largest absolute Gasteiger partial charge is 0.673 e. The fourth-order valence-corrected chi connectivity index (χ4v) is 2.12. The number of benzene rings is 2. The lowest BCUT2D eigenvalue weighted by Crippen LogP contribution is -2.35. The van der Waals surface area contributed by atoms with Gasteiger partial charge in [0.15, 0.2) is 0 Å². The molecule has 0 bridgehead atoms. The molecule has 1 heterocycles. The van der Waals surface area contributed by atoms with Gasteiger partial charge < -0.3 is 22.6 Å². The van der Waals surface area contributed by atoms with Crippen molar-refractivity contribution >= 4 is 29.6 Å². The van der Waals surface area contributed by atoms with E-state index in [0.717, 1.165) is 16.5 Å². The van der Waals surface area contributed by atoms with Gasteiger partial charge in [-0.3, -0.25) is 0 Å². The zero-order chi connectivity index (χ0) is 16.7. The smallest absolute Gasteiger partial charge is 0.418 e. The first-order valence-corrected chi connectivity index (χ1v) is 7.20. The molecule has 120 valence electrons. The fourth-order valence-electron chi connectivity index (χ4n) is 1.56. The van der Waals surface area contributed by atoms with Crippen molar-refractivity contribution in [2.24, 2.45) is 0 Å². The average molecular weight is 342 g/mol. The summed E-state index contributed by atoms with van der Waals surface area (Å²) in [5, 5.41) is 8.38. The van der Waals surface area contributed by atoms with Crippen LogP contribution >= 0.6 is 11.5 Å². The van der Waals surface area contributed by atoms with E-state index >= 15 is 0 Å². The van der Waals surface area contributed by atoms with E-state index in [1.165, 1.54) is 11.5 Å². The summed E-state index contributed by atoms with van der Waals surface area (Å²) in [7, 11) is -6.00. The Morgan fingerprint density at radius 3 is 1.96 bits per heavy atom. The van der Waals surface area contributed by atoms with Crippen molar-refractivity contribution < 1.29 is 22.1 Å². The van der Waals surface area contributed by atoms with Crippen LogP contribution in [0.1, 0.15) is 0 Å². The van der Waals surface area contributed by atoms with Crippen LogP contribution in [0.4, 0.5) is 28.1 Å². The Balaban J connectivity index is 0.000000338. The molecule has 3 aromatic rings. The van der Waals surface area contributed by atoms with E-state index in [4.69, 9.17) is 0 Å². The van der Waals surface area contributed by atoms with Crippen LogP contribution in [0.25, 0.3) is 5.69 Å². The van der Waals surface area contributed by atoms with Crippen LogP contribution in [-0.2, 0) is 0 Å². The van der Waals surface area contributed by atoms with Gasteiger partial charge in [0.25, 0.3) is 10.8 Å². The van der Waals surface area contributed by atoms with Gasteiger partial charge in [0.05, 0.1) is 21.4 Å². The van der Waals surface area contributed by atoms with Crippen molar-refractivity contribution in [3.63, 3.8) is 0 Å². The van der Waals surface area contributed by atoms with Crippen molar-refractivity contribution in [3.05, 3.63) is 60.7 Å². The third-order valence-electron chi connectivity index (χ3n) is 2.40. The van der Waals surface area contributed by atoms with Crippen LogP contribution in [0, 0.1) is 0 Å². The molecule has 0 saturated heterocycles. The first-order valence-electron chi connectivity index (χ1n) is 6.43. The second kappa shape index (κ2) is 7.68. The first kappa shape index (κ1) is 16.9. The molecule has 0 radical (unpaired) electrons. The number of rotatable bonds is 3. The quantitative estimate of drug-likeness (QED) is 0.447. The summed E-state index contributed by atoms with van der Waals surface area (Å²) in [6, 6.07) is 19.8. The third-order valence-corrected chi connectivity index (χ3v) is 3.00. The Morgan fingerprint density at radius 1 is 0.870 bits per heavy atom. The fraction of sp³-hybridized carbons (Fsp3) is 0. The minimum absolute atomic E-state index is 0.769. The van der Waals surface area contributed by atoms with Crippen molar-refractivity contribution in [1.29, 1.82) is 0 Å². The lowest BCUT2D eigenvalue weighted by molar-refractivity contribution is -0.709. The maximum absolute atomic E-state index is 9.75. The second-order valence-electron chi connectivity index (χ2n) is 4.19. The van der Waals surface area contributed by atoms with Crippen LogP contribution in [0.2, 0.25) is 0 Å². The molecule has 1 aromatic heterocycles.